The third kappa shape index (κ3) is 3.54. The van der Waals surface area contributed by atoms with Crippen LogP contribution in [-0.2, 0) is 0 Å². The van der Waals surface area contributed by atoms with E-state index < -0.39 is 5.91 Å². The topological polar surface area (TPSA) is 59.2 Å². The number of halogens is 1. The smallest absolute Gasteiger partial charge is 0.250 e. The van der Waals surface area contributed by atoms with Crippen molar-refractivity contribution < 1.29 is 4.79 Å². The summed E-state index contributed by atoms with van der Waals surface area (Å²) < 4.78 is 0. The molecule has 1 aliphatic heterocycles. The van der Waals surface area contributed by atoms with Crippen LogP contribution in [0.15, 0.2) is 12.3 Å². The summed E-state index contributed by atoms with van der Waals surface area (Å²) in [5.74, 6) is 0.256. The van der Waals surface area contributed by atoms with Gasteiger partial charge >= 0.3 is 0 Å². The number of rotatable bonds is 3. The summed E-state index contributed by atoms with van der Waals surface area (Å²) in [6, 6.07) is 1.60. The fraction of sp³-hybridized carbons (Fsp3) is 0.538. The Morgan fingerprint density at radius 2 is 2.37 bits per heavy atom. The molecule has 104 valence electrons. The first-order valence-electron chi connectivity index (χ1n) is 6.35. The fourth-order valence-electron chi connectivity index (χ4n) is 2.29. The molecule has 1 aromatic rings. The SMILES string of the molecule is CSC1CCCCN(c2ncc(C(N)=O)cc2Cl)C1. The van der Waals surface area contributed by atoms with Crippen LogP contribution in [0.3, 0.4) is 0 Å². The Kier molecular flexibility index (Phi) is 4.93. The van der Waals surface area contributed by atoms with E-state index in [1.807, 2.05) is 11.8 Å². The van der Waals surface area contributed by atoms with Crippen molar-refractivity contribution in [1.29, 1.82) is 0 Å². The van der Waals surface area contributed by atoms with Crippen LogP contribution in [0.1, 0.15) is 29.6 Å². The largest absolute Gasteiger partial charge is 0.366 e. The Morgan fingerprint density at radius 3 is 3.00 bits per heavy atom. The molecule has 0 radical (unpaired) electrons. The predicted molar refractivity (Wildman–Crippen MR) is 81.1 cm³/mol. The molecule has 1 amide bonds. The highest BCUT2D eigenvalue weighted by Gasteiger charge is 2.20. The number of thioether (sulfide) groups is 1. The monoisotopic (exact) mass is 299 g/mol. The molecular weight excluding hydrogens is 282 g/mol. The second-order valence-electron chi connectivity index (χ2n) is 4.69. The van der Waals surface area contributed by atoms with E-state index >= 15 is 0 Å². The zero-order chi connectivity index (χ0) is 13.8. The molecule has 4 nitrogen and oxygen atoms in total. The van der Waals surface area contributed by atoms with Gasteiger partial charge < -0.3 is 10.6 Å². The average molecular weight is 300 g/mol. The van der Waals surface area contributed by atoms with E-state index in [9.17, 15) is 4.79 Å². The molecule has 0 bridgehead atoms. The number of hydrogen-bond acceptors (Lipinski definition) is 4. The average Bonchev–Trinajstić information content (AvgIpc) is 2.63. The van der Waals surface area contributed by atoms with Crippen LogP contribution in [0.25, 0.3) is 0 Å². The van der Waals surface area contributed by atoms with Gasteiger partial charge in [0.05, 0.1) is 10.6 Å². The summed E-state index contributed by atoms with van der Waals surface area (Å²) in [7, 11) is 0. The summed E-state index contributed by atoms with van der Waals surface area (Å²) >= 11 is 8.12. The van der Waals surface area contributed by atoms with Crippen LogP contribution >= 0.6 is 23.4 Å². The summed E-state index contributed by atoms with van der Waals surface area (Å²) in [6.07, 6.45) is 7.25. The number of nitrogens with zero attached hydrogens (tertiary/aromatic N) is 2. The van der Waals surface area contributed by atoms with Gasteiger partial charge in [-0.1, -0.05) is 18.0 Å². The zero-order valence-corrected chi connectivity index (χ0v) is 12.5. The predicted octanol–water partition coefficient (Wildman–Crippen LogP) is 2.56. The van der Waals surface area contributed by atoms with Crippen molar-refractivity contribution in [2.24, 2.45) is 5.73 Å². The van der Waals surface area contributed by atoms with E-state index in [1.54, 1.807) is 6.07 Å². The van der Waals surface area contributed by atoms with Crippen molar-refractivity contribution in [3.8, 4) is 0 Å². The van der Waals surface area contributed by atoms with Crippen LogP contribution in [-0.4, -0.2) is 35.5 Å². The van der Waals surface area contributed by atoms with E-state index in [0.717, 1.165) is 25.3 Å². The second-order valence-corrected chi connectivity index (χ2v) is 6.24. The molecule has 1 atom stereocenters. The van der Waals surface area contributed by atoms with Gasteiger partial charge in [-0.2, -0.15) is 11.8 Å². The zero-order valence-electron chi connectivity index (χ0n) is 10.9. The molecule has 1 saturated heterocycles. The molecule has 19 heavy (non-hydrogen) atoms. The number of carbonyl (C=O) groups is 1. The number of carbonyl (C=O) groups excluding carboxylic acids is 1. The minimum absolute atomic E-state index is 0.352. The van der Waals surface area contributed by atoms with Crippen LogP contribution in [0, 0.1) is 0 Å². The van der Waals surface area contributed by atoms with Crippen molar-refractivity contribution in [1.82, 2.24) is 4.98 Å². The molecule has 1 aliphatic rings. The lowest BCUT2D eigenvalue weighted by Gasteiger charge is -2.25. The van der Waals surface area contributed by atoms with Gasteiger partial charge in [-0.15, -0.1) is 0 Å². The quantitative estimate of drug-likeness (QED) is 0.932. The van der Waals surface area contributed by atoms with E-state index in [4.69, 9.17) is 17.3 Å². The normalized spacial score (nSPS) is 20.1. The van der Waals surface area contributed by atoms with Crippen molar-refractivity contribution in [2.45, 2.75) is 24.5 Å². The number of primary amides is 1. The number of anilines is 1. The Balaban J connectivity index is 2.22. The standard InChI is InChI=1S/C13H18ClN3OS/c1-19-10-4-2-3-5-17(8-10)13-11(14)6-9(7-16-13)12(15)18/h6-7,10H,2-5,8H2,1H3,(H2,15,18). The molecule has 2 heterocycles. The molecule has 0 aliphatic carbocycles. The van der Waals surface area contributed by atoms with E-state index in [0.29, 0.717) is 15.8 Å². The lowest BCUT2D eigenvalue weighted by atomic mass is 10.2. The van der Waals surface area contributed by atoms with Gasteiger partial charge in [0.25, 0.3) is 0 Å². The van der Waals surface area contributed by atoms with Crippen LogP contribution in [0.5, 0.6) is 0 Å². The van der Waals surface area contributed by atoms with Crippen molar-refractivity contribution in [3.05, 3.63) is 22.8 Å². The van der Waals surface area contributed by atoms with Crippen molar-refractivity contribution in [3.63, 3.8) is 0 Å². The third-order valence-corrected chi connectivity index (χ3v) is 4.70. The van der Waals surface area contributed by atoms with Crippen LogP contribution in [0.4, 0.5) is 5.82 Å². The van der Waals surface area contributed by atoms with Gasteiger partial charge in [0.1, 0.15) is 5.82 Å². The first kappa shape index (κ1) is 14.5. The molecule has 0 aromatic carbocycles. The van der Waals surface area contributed by atoms with Crippen molar-refractivity contribution >= 4 is 35.1 Å². The Labute approximate surface area is 122 Å². The lowest BCUT2D eigenvalue weighted by molar-refractivity contribution is 0.1000. The fourth-order valence-corrected chi connectivity index (χ4v) is 3.30. The lowest BCUT2D eigenvalue weighted by Crippen LogP contribution is -2.30. The number of amides is 1. The molecule has 1 unspecified atom stereocenters. The highest BCUT2D eigenvalue weighted by molar-refractivity contribution is 7.99. The van der Waals surface area contributed by atoms with Gasteiger partial charge in [0.2, 0.25) is 5.91 Å². The second kappa shape index (κ2) is 6.48. The van der Waals surface area contributed by atoms with Gasteiger partial charge in [-0.05, 0) is 25.2 Å². The Hall–Kier alpha value is -0.940. The van der Waals surface area contributed by atoms with Crippen LogP contribution in [0.2, 0.25) is 5.02 Å². The number of hydrogen-bond donors (Lipinski definition) is 1. The van der Waals surface area contributed by atoms with Crippen LogP contribution < -0.4 is 10.6 Å². The molecule has 2 rings (SSSR count). The van der Waals surface area contributed by atoms with Gasteiger partial charge in [0.15, 0.2) is 0 Å². The molecule has 6 heteroatoms. The van der Waals surface area contributed by atoms with Gasteiger partial charge in [-0.25, -0.2) is 4.98 Å². The molecule has 2 N–H and O–H groups in total. The minimum Gasteiger partial charge on any atom is -0.366 e. The first-order valence-corrected chi connectivity index (χ1v) is 8.01. The molecule has 0 saturated carbocycles. The van der Waals surface area contributed by atoms with E-state index in [-0.39, 0.29) is 0 Å². The third-order valence-electron chi connectivity index (χ3n) is 3.37. The molecule has 1 aromatic heterocycles. The molecule has 1 fully saturated rings. The van der Waals surface area contributed by atoms with Crippen molar-refractivity contribution in [2.75, 3.05) is 24.2 Å². The number of aromatic nitrogens is 1. The van der Waals surface area contributed by atoms with E-state index in [2.05, 4.69) is 16.1 Å². The summed E-state index contributed by atoms with van der Waals surface area (Å²) in [4.78, 5) is 17.6. The number of nitrogens with two attached hydrogens (primary N) is 1. The summed E-state index contributed by atoms with van der Waals surface area (Å²) in [5.41, 5.74) is 5.58. The Morgan fingerprint density at radius 1 is 1.58 bits per heavy atom. The maximum absolute atomic E-state index is 11.1. The Bertz CT molecular complexity index is 469. The first-order chi connectivity index (χ1) is 9.11. The molecule has 0 spiro atoms. The highest BCUT2D eigenvalue weighted by atomic mass is 35.5. The number of pyridine rings is 1. The van der Waals surface area contributed by atoms with Gasteiger partial charge in [-0.3, -0.25) is 4.79 Å². The maximum Gasteiger partial charge on any atom is 0.250 e. The maximum atomic E-state index is 11.1. The summed E-state index contributed by atoms with van der Waals surface area (Å²) in [6.45, 7) is 1.91. The summed E-state index contributed by atoms with van der Waals surface area (Å²) in [5, 5.41) is 1.11. The minimum atomic E-state index is -0.501. The molecular formula is C13H18ClN3OS. The van der Waals surface area contributed by atoms with Gasteiger partial charge in [0, 0.05) is 24.5 Å². The van der Waals surface area contributed by atoms with E-state index in [1.165, 1.54) is 19.0 Å². The highest BCUT2D eigenvalue weighted by Crippen LogP contribution is 2.28.